The van der Waals surface area contributed by atoms with Gasteiger partial charge in [0, 0.05) is 6.20 Å². The number of nitrogens with zero attached hydrogens (tertiary/aromatic N) is 1. The van der Waals surface area contributed by atoms with Gasteiger partial charge < -0.3 is 28.7 Å². The van der Waals surface area contributed by atoms with E-state index in [1.54, 1.807) is 51.1 Å². The van der Waals surface area contributed by atoms with Crippen molar-refractivity contribution in [3.8, 4) is 5.75 Å². The Kier molecular flexibility index (Phi) is 9.62. The molecule has 2 aliphatic rings. The van der Waals surface area contributed by atoms with E-state index < -0.39 is 48.6 Å². The molecular weight excluding hydrogens is 523 g/mol. The van der Waals surface area contributed by atoms with Crippen molar-refractivity contribution in [2.24, 2.45) is 0 Å². The summed E-state index contributed by atoms with van der Waals surface area (Å²) in [4.78, 5) is 37.6. The van der Waals surface area contributed by atoms with Crippen molar-refractivity contribution in [2.75, 3.05) is 6.61 Å². The molecule has 1 unspecified atom stereocenters. The first-order valence-electron chi connectivity index (χ1n) is 11.9. The van der Waals surface area contributed by atoms with Gasteiger partial charge in [0.15, 0.2) is 12.0 Å². The van der Waals surface area contributed by atoms with Crippen molar-refractivity contribution in [2.45, 2.75) is 76.7 Å². The molecule has 1 fully saturated rings. The highest BCUT2D eigenvalue weighted by molar-refractivity contribution is 8.09. The van der Waals surface area contributed by atoms with Crippen molar-refractivity contribution in [3.05, 3.63) is 42.6 Å². The Balaban J connectivity index is 1.79. The maximum Gasteiger partial charge on any atom is 0.323 e. The number of benzene rings is 1. The van der Waals surface area contributed by atoms with E-state index in [2.05, 4.69) is 5.09 Å². The lowest BCUT2D eigenvalue weighted by molar-refractivity contribution is -0.158. The molecule has 6 atom stereocenters. The van der Waals surface area contributed by atoms with E-state index in [0.29, 0.717) is 12.2 Å². The van der Waals surface area contributed by atoms with E-state index in [-0.39, 0.29) is 24.9 Å². The lowest BCUT2D eigenvalue weighted by Gasteiger charge is -2.34. The Morgan fingerprint density at radius 1 is 1.32 bits per heavy atom. The van der Waals surface area contributed by atoms with Gasteiger partial charge in [0.05, 0.1) is 19.1 Å². The molecule has 0 aliphatic carbocycles. The van der Waals surface area contributed by atoms with Crippen molar-refractivity contribution in [3.63, 3.8) is 0 Å². The topological polar surface area (TPSA) is 144 Å². The summed E-state index contributed by atoms with van der Waals surface area (Å²) in [5, 5.41) is 24.8. The zero-order valence-corrected chi connectivity index (χ0v) is 22.8. The van der Waals surface area contributed by atoms with Crippen LogP contribution >= 0.6 is 6.64 Å². The Morgan fingerprint density at radius 2 is 2.00 bits per heavy atom. The molecule has 0 spiro atoms. The maximum absolute atomic E-state index is 12.6. The molecule has 1 saturated heterocycles. The van der Waals surface area contributed by atoms with Crippen LogP contribution in [0.5, 0.6) is 5.75 Å². The van der Waals surface area contributed by atoms with Crippen LogP contribution in [0.15, 0.2) is 42.6 Å². The number of hydrogen-bond donors (Lipinski definition) is 3. The summed E-state index contributed by atoms with van der Waals surface area (Å²) in [5.74, 6) is -1.06. The summed E-state index contributed by atoms with van der Waals surface area (Å²) in [6, 6.07) is 7.83. The van der Waals surface area contributed by atoms with Gasteiger partial charge in [0.1, 0.15) is 29.6 Å². The normalized spacial score (nSPS) is 28.3. The van der Waals surface area contributed by atoms with E-state index >= 15 is 0 Å². The number of nitrogens with one attached hydrogen (secondary N) is 1. The molecule has 3 rings (SSSR count). The standard InChI is InChI=1S/C24H33N2O9PS/c1-5-18(22(30)33-15(2)3)25-36(37,35-17-9-7-6-8-10-17)32-14-19-21(29)24(4,31)23(34-19)26-12-11-16(27)13-20(26)28/h6-12,15,18-19,21,23,29,31H,5,13-14H2,1-4H3,(H,25,37)/t18-,19+,21+,23+,24+,36?/m0/s1. The Hall–Kier alpha value is -2.18. The number of ketones is 1. The number of hydrogen-bond acceptors (Lipinski definition) is 10. The molecule has 0 radical (unpaired) electrons. The molecule has 0 bridgehead atoms. The van der Waals surface area contributed by atoms with Gasteiger partial charge in [-0.3, -0.25) is 19.3 Å². The van der Waals surface area contributed by atoms with Gasteiger partial charge in [-0.25, -0.2) is 5.09 Å². The highest BCUT2D eigenvalue weighted by Crippen LogP contribution is 2.47. The van der Waals surface area contributed by atoms with E-state index in [9.17, 15) is 24.6 Å². The van der Waals surface area contributed by atoms with Crippen LogP contribution in [0.2, 0.25) is 0 Å². The third-order valence-electron chi connectivity index (χ3n) is 5.78. The van der Waals surface area contributed by atoms with Crippen molar-refractivity contribution in [1.82, 2.24) is 9.99 Å². The Bertz CT molecular complexity index is 1070. The first-order chi connectivity index (χ1) is 17.4. The van der Waals surface area contributed by atoms with Crippen LogP contribution in [0.25, 0.3) is 0 Å². The van der Waals surface area contributed by atoms with Gasteiger partial charge in [-0.2, -0.15) is 0 Å². The van der Waals surface area contributed by atoms with E-state index in [1.165, 1.54) is 19.2 Å². The molecule has 3 N–H and O–H groups in total. The van der Waals surface area contributed by atoms with Crippen molar-refractivity contribution in [1.29, 1.82) is 0 Å². The largest absolute Gasteiger partial charge is 0.462 e. The third-order valence-corrected chi connectivity index (χ3v) is 8.20. The summed E-state index contributed by atoms with van der Waals surface area (Å²) in [7, 11) is 0. The van der Waals surface area contributed by atoms with E-state index in [0.717, 1.165) is 4.90 Å². The average molecular weight is 557 g/mol. The summed E-state index contributed by atoms with van der Waals surface area (Å²) < 4.78 is 23.1. The van der Waals surface area contributed by atoms with Gasteiger partial charge in [-0.05, 0) is 57.2 Å². The monoisotopic (exact) mass is 556 g/mol. The summed E-state index contributed by atoms with van der Waals surface area (Å²) in [5.41, 5.74) is -1.88. The van der Waals surface area contributed by atoms with Crippen molar-refractivity contribution < 1.29 is 43.1 Å². The molecule has 13 heteroatoms. The zero-order valence-electron chi connectivity index (χ0n) is 21.1. The number of carbonyl (C=O) groups is 3. The molecule has 2 aliphatic heterocycles. The molecule has 2 heterocycles. The lowest BCUT2D eigenvalue weighted by Crippen LogP contribution is -2.54. The number of esters is 1. The molecule has 1 aromatic rings. The average Bonchev–Trinajstić information content (AvgIpc) is 3.05. The van der Waals surface area contributed by atoms with E-state index in [1.807, 2.05) is 0 Å². The molecule has 37 heavy (non-hydrogen) atoms. The minimum Gasteiger partial charge on any atom is -0.462 e. The fourth-order valence-electron chi connectivity index (χ4n) is 3.83. The summed E-state index contributed by atoms with van der Waals surface area (Å²) >= 11 is 5.71. The molecule has 204 valence electrons. The fraction of sp³-hybridized carbons (Fsp3) is 0.542. The highest BCUT2D eigenvalue weighted by Gasteiger charge is 2.56. The molecule has 0 aromatic heterocycles. The molecule has 11 nitrogen and oxygen atoms in total. The van der Waals surface area contributed by atoms with Crippen LogP contribution in [0.1, 0.15) is 40.5 Å². The van der Waals surface area contributed by atoms with Crippen LogP contribution in [0.4, 0.5) is 0 Å². The molecule has 0 saturated carbocycles. The summed E-state index contributed by atoms with van der Waals surface area (Å²) in [6.45, 7) is 2.81. The van der Waals surface area contributed by atoms with Gasteiger partial charge in [-0.15, -0.1) is 0 Å². The SMILES string of the molecule is CC[C@H](NP(=S)(OC[C@H]1O[C@@H](N2C=CC(=O)CC2=O)[C@](C)(O)[C@@H]1O)Oc1ccccc1)C(=O)OC(C)C. The van der Waals surface area contributed by atoms with Crippen molar-refractivity contribution >= 4 is 36.1 Å². The Labute approximate surface area is 220 Å². The number of ether oxygens (including phenoxy) is 2. The lowest BCUT2D eigenvalue weighted by atomic mass is 9.95. The zero-order chi connectivity index (χ0) is 27.4. The number of amides is 1. The maximum atomic E-state index is 12.6. The van der Waals surface area contributed by atoms with Gasteiger partial charge in [0.25, 0.3) is 0 Å². The second-order valence-corrected chi connectivity index (χ2v) is 12.4. The minimum atomic E-state index is -3.43. The van der Waals surface area contributed by atoms with Crippen LogP contribution in [-0.2, 0) is 40.2 Å². The molecule has 1 aromatic carbocycles. The number of carbonyl (C=O) groups excluding carboxylic acids is 3. The minimum absolute atomic E-state index is 0.328. The van der Waals surface area contributed by atoms with Crippen LogP contribution < -0.4 is 9.61 Å². The number of allylic oxidation sites excluding steroid dienone is 1. The number of rotatable bonds is 11. The van der Waals surface area contributed by atoms with E-state index in [4.69, 9.17) is 30.3 Å². The van der Waals surface area contributed by atoms with Gasteiger partial charge in [0.2, 0.25) is 5.91 Å². The number of aliphatic hydroxyl groups is 2. The van der Waals surface area contributed by atoms with Gasteiger partial charge >= 0.3 is 12.6 Å². The Morgan fingerprint density at radius 3 is 2.59 bits per heavy atom. The number of para-hydroxylation sites is 1. The highest BCUT2D eigenvalue weighted by atomic mass is 32.5. The smallest absolute Gasteiger partial charge is 0.323 e. The van der Waals surface area contributed by atoms with Crippen LogP contribution in [0, 0.1) is 0 Å². The molecular formula is C24H33N2O9PS. The second-order valence-electron chi connectivity index (χ2n) is 9.23. The van der Waals surface area contributed by atoms with Gasteiger partial charge in [-0.1, -0.05) is 25.1 Å². The predicted octanol–water partition coefficient (Wildman–Crippen LogP) is 1.78. The third kappa shape index (κ3) is 7.23. The first kappa shape index (κ1) is 29.4. The fourth-order valence-corrected chi connectivity index (χ4v) is 6.24. The predicted molar refractivity (Wildman–Crippen MR) is 137 cm³/mol. The summed E-state index contributed by atoms with van der Waals surface area (Å²) in [6.07, 6.45) is -1.78. The second kappa shape index (κ2) is 12.1. The van der Waals surface area contributed by atoms with Crippen LogP contribution in [0.3, 0.4) is 0 Å². The first-order valence-corrected chi connectivity index (χ1v) is 14.6. The molecule has 1 amide bonds. The van der Waals surface area contributed by atoms with Crippen LogP contribution in [-0.4, -0.2) is 75.6 Å². The number of aliphatic hydroxyl groups excluding tert-OH is 1. The quantitative estimate of drug-likeness (QED) is 0.208.